The van der Waals surface area contributed by atoms with E-state index in [1.807, 2.05) is 18.2 Å². The Bertz CT molecular complexity index is 428. The van der Waals surface area contributed by atoms with Crippen molar-refractivity contribution in [2.45, 2.75) is 25.5 Å². The first kappa shape index (κ1) is 14.9. The normalized spacial score (nSPS) is 17.9. The average molecular weight is 277 g/mol. The first-order chi connectivity index (χ1) is 9.85. The highest BCUT2D eigenvalue weighted by Crippen LogP contribution is 2.31. The van der Waals surface area contributed by atoms with E-state index >= 15 is 0 Å². The Kier molecular flexibility index (Phi) is 5.89. The Labute approximate surface area is 120 Å². The van der Waals surface area contributed by atoms with Crippen LogP contribution in [0.25, 0.3) is 0 Å². The molecule has 0 radical (unpaired) electrons. The number of hydrogen-bond acceptors (Lipinski definition) is 4. The van der Waals surface area contributed by atoms with Gasteiger partial charge in [-0.05, 0) is 18.9 Å². The zero-order valence-electron chi connectivity index (χ0n) is 12.1. The standard InChI is InChI=1S/C16H23NO3/c1-3-9-20-16-13(6-4-8-15(16)18-2)11-17-12-14-7-5-10-19-14/h3-4,6,8,14,17H,1,5,7,9-12H2,2H3/t14-/m1/s1. The molecule has 1 N–H and O–H groups in total. The van der Waals surface area contributed by atoms with E-state index in [1.165, 1.54) is 6.42 Å². The van der Waals surface area contributed by atoms with Gasteiger partial charge in [-0.15, -0.1) is 0 Å². The summed E-state index contributed by atoms with van der Waals surface area (Å²) in [6.45, 7) is 6.65. The second-order valence-corrected chi connectivity index (χ2v) is 4.81. The largest absolute Gasteiger partial charge is 0.493 e. The van der Waals surface area contributed by atoms with Gasteiger partial charge in [-0.25, -0.2) is 0 Å². The fourth-order valence-electron chi connectivity index (χ4n) is 2.34. The van der Waals surface area contributed by atoms with Gasteiger partial charge in [0.05, 0.1) is 13.2 Å². The van der Waals surface area contributed by atoms with E-state index in [2.05, 4.69) is 11.9 Å². The van der Waals surface area contributed by atoms with Crippen LogP contribution >= 0.6 is 0 Å². The first-order valence-corrected chi connectivity index (χ1v) is 7.07. The molecule has 1 aromatic carbocycles. The van der Waals surface area contributed by atoms with Gasteiger partial charge in [0, 0.05) is 25.3 Å². The van der Waals surface area contributed by atoms with Gasteiger partial charge >= 0.3 is 0 Å². The summed E-state index contributed by atoms with van der Waals surface area (Å²) in [6.07, 6.45) is 4.39. The predicted molar refractivity (Wildman–Crippen MR) is 79.4 cm³/mol. The van der Waals surface area contributed by atoms with E-state index < -0.39 is 0 Å². The van der Waals surface area contributed by atoms with Crippen molar-refractivity contribution in [3.8, 4) is 11.5 Å². The van der Waals surface area contributed by atoms with Crippen molar-refractivity contribution < 1.29 is 14.2 Å². The molecule has 1 saturated heterocycles. The maximum absolute atomic E-state index is 5.72. The smallest absolute Gasteiger partial charge is 0.166 e. The Morgan fingerprint density at radius 1 is 1.50 bits per heavy atom. The summed E-state index contributed by atoms with van der Waals surface area (Å²) in [7, 11) is 1.65. The van der Waals surface area contributed by atoms with Gasteiger partial charge in [0.15, 0.2) is 11.5 Å². The molecule has 1 aliphatic rings. The first-order valence-electron chi connectivity index (χ1n) is 7.07. The van der Waals surface area contributed by atoms with Crippen molar-refractivity contribution in [3.63, 3.8) is 0 Å². The number of methoxy groups -OCH3 is 1. The lowest BCUT2D eigenvalue weighted by Gasteiger charge is -2.16. The fourth-order valence-corrected chi connectivity index (χ4v) is 2.34. The Morgan fingerprint density at radius 3 is 3.10 bits per heavy atom. The summed E-state index contributed by atoms with van der Waals surface area (Å²) in [4.78, 5) is 0. The summed E-state index contributed by atoms with van der Waals surface area (Å²) in [5, 5.41) is 3.43. The van der Waals surface area contributed by atoms with E-state index in [9.17, 15) is 0 Å². The maximum Gasteiger partial charge on any atom is 0.166 e. The molecule has 1 heterocycles. The van der Waals surface area contributed by atoms with E-state index in [-0.39, 0.29) is 0 Å². The summed E-state index contributed by atoms with van der Waals surface area (Å²) < 4.78 is 16.7. The monoisotopic (exact) mass is 277 g/mol. The molecular weight excluding hydrogens is 254 g/mol. The zero-order chi connectivity index (χ0) is 14.2. The topological polar surface area (TPSA) is 39.7 Å². The third-order valence-electron chi connectivity index (χ3n) is 3.34. The van der Waals surface area contributed by atoms with Gasteiger partial charge in [-0.2, -0.15) is 0 Å². The van der Waals surface area contributed by atoms with Crippen LogP contribution in [0.3, 0.4) is 0 Å². The lowest BCUT2D eigenvalue weighted by Crippen LogP contribution is -2.26. The maximum atomic E-state index is 5.72. The number of hydrogen-bond donors (Lipinski definition) is 1. The highest BCUT2D eigenvalue weighted by Gasteiger charge is 2.15. The molecule has 0 bridgehead atoms. The Morgan fingerprint density at radius 2 is 2.40 bits per heavy atom. The van der Waals surface area contributed by atoms with Crippen LogP contribution in [0.4, 0.5) is 0 Å². The second kappa shape index (κ2) is 7.92. The van der Waals surface area contributed by atoms with Crippen molar-refractivity contribution in [3.05, 3.63) is 36.4 Å². The quantitative estimate of drug-likeness (QED) is 0.741. The third-order valence-corrected chi connectivity index (χ3v) is 3.34. The number of ether oxygens (including phenoxy) is 3. The van der Waals surface area contributed by atoms with Gasteiger partial charge in [-0.3, -0.25) is 0 Å². The number of benzene rings is 1. The predicted octanol–water partition coefficient (Wildman–Crippen LogP) is 2.53. The van der Waals surface area contributed by atoms with E-state index in [0.717, 1.165) is 43.2 Å². The molecule has 20 heavy (non-hydrogen) atoms. The molecule has 1 fully saturated rings. The van der Waals surface area contributed by atoms with Gasteiger partial charge in [-0.1, -0.05) is 24.8 Å². The minimum atomic E-state index is 0.346. The van der Waals surface area contributed by atoms with Gasteiger partial charge in [0.2, 0.25) is 0 Å². The van der Waals surface area contributed by atoms with Crippen molar-refractivity contribution in [1.82, 2.24) is 5.32 Å². The molecule has 0 aliphatic carbocycles. The zero-order valence-corrected chi connectivity index (χ0v) is 12.1. The van der Waals surface area contributed by atoms with Crippen LogP contribution in [0.5, 0.6) is 11.5 Å². The minimum absolute atomic E-state index is 0.346. The summed E-state index contributed by atoms with van der Waals surface area (Å²) in [6, 6.07) is 5.92. The van der Waals surface area contributed by atoms with Crippen LogP contribution in [0.1, 0.15) is 18.4 Å². The molecule has 1 aromatic rings. The second-order valence-electron chi connectivity index (χ2n) is 4.81. The minimum Gasteiger partial charge on any atom is -0.493 e. The molecule has 0 amide bonds. The van der Waals surface area contributed by atoms with Gasteiger partial charge in [0.1, 0.15) is 6.61 Å². The highest BCUT2D eigenvalue weighted by atomic mass is 16.5. The average Bonchev–Trinajstić information content (AvgIpc) is 2.98. The van der Waals surface area contributed by atoms with E-state index in [0.29, 0.717) is 12.7 Å². The van der Waals surface area contributed by atoms with Crippen molar-refractivity contribution in [2.75, 3.05) is 26.9 Å². The van der Waals surface area contributed by atoms with Crippen molar-refractivity contribution in [1.29, 1.82) is 0 Å². The lowest BCUT2D eigenvalue weighted by molar-refractivity contribution is 0.110. The molecule has 1 aliphatic heterocycles. The molecule has 110 valence electrons. The van der Waals surface area contributed by atoms with Crippen LogP contribution in [-0.2, 0) is 11.3 Å². The summed E-state index contributed by atoms with van der Waals surface area (Å²) in [5.41, 5.74) is 1.09. The van der Waals surface area contributed by atoms with Crippen LogP contribution in [0, 0.1) is 0 Å². The van der Waals surface area contributed by atoms with E-state index in [4.69, 9.17) is 14.2 Å². The van der Waals surface area contributed by atoms with Crippen LogP contribution in [0.2, 0.25) is 0 Å². The number of nitrogens with one attached hydrogen (secondary N) is 1. The number of rotatable bonds is 8. The molecule has 0 spiro atoms. The van der Waals surface area contributed by atoms with Crippen LogP contribution in [-0.4, -0.2) is 33.0 Å². The van der Waals surface area contributed by atoms with E-state index in [1.54, 1.807) is 13.2 Å². The van der Waals surface area contributed by atoms with Crippen LogP contribution < -0.4 is 14.8 Å². The molecule has 0 unspecified atom stereocenters. The van der Waals surface area contributed by atoms with Gasteiger partial charge < -0.3 is 19.5 Å². The molecule has 0 saturated carbocycles. The summed E-state index contributed by atoms with van der Waals surface area (Å²) >= 11 is 0. The summed E-state index contributed by atoms with van der Waals surface area (Å²) in [5.74, 6) is 1.54. The molecule has 2 rings (SSSR count). The van der Waals surface area contributed by atoms with Gasteiger partial charge in [0.25, 0.3) is 0 Å². The van der Waals surface area contributed by atoms with Crippen molar-refractivity contribution in [2.24, 2.45) is 0 Å². The fraction of sp³-hybridized carbons (Fsp3) is 0.500. The Hall–Kier alpha value is -1.52. The third kappa shape index (κ3) is 3.99. The molecule has 1 atom stereocenters. The molecule has 4 heteroatoms. The molecule has 0 aromatic heterocycles. The molecule has 4 nitrogen and oxygen atoms in total. The van der Waals surface area contributed by atoms with Crippen molar-refractivity contribution >= 4 is 0 Å². The molecular formula is C16H23NO3. The highest BCUT2D eigenvalue weighted by molar-refractivity contribution is 5.46. The number of para-hydroxylation sites is 1. The Balaban J connectivity index is 1.95. The SMILES string of the molecule is C=CCOc1c(CNC[C@H]2CCCO2)cccc1OC. The van der Waals surface area contributed by atoms with Crippen LogP contribution in [0.15, 0.2) is 30.9 Å². The lowest BCUT2D eigenvalue weighted by atomic mass is 10.1.